The minimum atomic E-state index is -2.97. The van der Waals surface area contributed by atoms with Crippen LogP contribution in [-0.2, 0) is 22.7 Å². The fraction of sp³-hybridized carbons (Fsp3) is 0.417. The number of nitrogens with one attached hydrogen (secondary N) is 1. The summed E-state index contributed by atoms with van der Waals surface area (Å²) in [5, 5.41) is 2.64. The largest absolute Gasteiger partial charge is 0.490 e. The number of likely N-dealkylation sites (N-methyl/N-ethyl adjacent to an activating group) is 1. The van der Waals surface area contributed by atoms with Crippen LogP contribution in [0.3, 0.4) is 0 Å². The number of ether oxygens (including phenoxy) is 3. The molecule has 0 saturated carbocycles. The molecular weight excluding hydrogens is 434 g/mol. The Morgan fingerprint density at radius 1 is 1.03 bits per heavy atom. The number of alkyl carbamates (subject to hydrolysis) is 1. The molecule has 180 valence electrons. The van der Waals surface area contributed by atoms with Crippen LogP contribution < -0.4 is 14.8 Å². The summed E-state index contributed by atoms with van der Waals surface area (Å²) in [5.74, 6) is -0.413. The molecule has 1 atom stereocenters. The average molecular weight is 465 g/mol. The zero-order valence-corrected chi connectivity index (χ0v) is 19.2. The summed E-state index contributed by atoms with van der Waals surface area (Å²) in [6.07, 6.45) is -0.688. The predicted octanol–water partition coefficient (Wildman–Crippen LogP) is 4.60. The van der Waals surface area contributed by atoms with Gasteiger partial charge in [0.2, 0.25) is 5.91 Å². The molecule has 0 radical (unpaired) electrons. The molecule has 2 aromatic carbocycles. The van der Waals surface area contributed by atoms with Crippen molar-refractivity contribution in [1.82, 2.24) is 10.2 Å². The van der Waals surface area contributed by atoms with Crippen molar-refractivity contribution in [2.75, 3.05) is 13.7 Å². The number of benzene rings is 2. The molecule has 0 unspecified atom stereocenters. The molecule has 0 aromatic heterocycles. The van der Waals surface area contributed by atoms with Gasteiger partial charge in [-0.05, 0) is 36.1 Å². The van der Waals surface area contributed by atoms with Crippen molar-refractivity contribution in [2.24, 2.45) is 5.92 Å². The topological polar surface area (TPSA) is 77.1 Å². The molecule has 0 fully saturated rings. The van der Waals surface area contributed by atoms with Crippen LogP contribution >= 0.6 is 0 Å². The zero-order chi connectivity index (χ0) is 24.4. The molecule has 0 spiro atoms. The second-order valence-electron chi connectivity index (χ2n) is 7.71. The predicted molar refractivity (Wildman–Crippen MR) is 119 cm³/mol. The summed E-state index contributed by atoms with van der Waals surface area (Å²) < 4.78 is 40.3. The SMILES string of the molecule is CCOc1cc(CN(C)C(=O)[C@@H](NC(=O)OCc2ccccc2)C(C)C)ccc1OC(F)F. The third-order valence-electron chi connectivity index (χ3n) is 4.74. The maximum absolute atomic E-state index is 13.0. The van der Waals surface area contributed by atoms with Crippen molar-refractivity contribution in [3.8, 4) is 11.5 Å². The summed E-state index contributed by atoms with van der Waals surface area (Å²) in [4.78, 5) is 26.7. The van der Waals surface area contributed by atoms with Crippen LogP contribution in [0, 0.1) is 5.92 Å². The summed E-state index contributed by atoms with van der Waals surface area (Å²) >= 11 is 0. The van der Waals surface area contributed by atoms with Gasteiger partial charge in [-0.1, -0.05) is 50.2 Å². The molecule has 33 heavy (non-hydrogen) atoms. The molecular formula is C24H30F2N2O5. The molecule has 2 amide bonds. The van der Waals surface area contributed by atoms with E-state index in [2.05, 4.69) is 10.1 Å². The molecule has 0 aliphatic carbocycles. The van der Waals surface area contributed by atoms with E-state index in [9.17, 15) is 18.4 Å². The summed E-state index contributed by atoms with van der Waals surface area (Å²) in [7, 11) is 1.60. The number of alkyl halides is 2. The van der Waals surface area contributed by atoms with Crippen LogP contribution in [0.5, 0.6) is 11.5 Å². The molecule has 0 saturated heterocycles. The Bertz CT molecular complexity index is 909. The highest BCUT2D eigenvalue weighted by Gasteiger charge is 2.28. The summed E-state index contributed by atoms with van der Waals surface area (Å²) in [6, 6.07) is 12.9. The van der Waals surface area contributed by atoms with Crippen LogP contribution in [0.25, 0.3) is 0 Å². The van der Waals surface area contributed by atoms with Crippen LogP contribution in [0.2, 0.25) is 0 Å². The number of hydrogen-bond acceptors (Lipinski definition) is 5. The van der Waals surface area contributed by atoms with Gasteiger partial charge in [0.1, 0.15) is 12.6 Å². The standard InChI is InChI=1S/C24H30F2N2O5/c1-5-31-20-13-18(11-12-19(20)33-23(25)26)14-28(4)22(29)21(16(2)3)27-24(30)32-15-17-9-7-6-8-10-17/h6-13,16,21,23H,5,14-15H2,1-4H3,(H,27,30)/t21-/m0/s1. The van der Waals surface area contributed by atoms with Crippen molar-refractivity contribution in [3.05, 3.63) is 59.7 Å². The van der Waals surface area contributed by atoms with Crippen molar-refractivity contribution < 1.29 is 32.6 Å². The Hall–Kier alpha value is -3.36. The molecule has 0 bridgehead atoms. The maximum atomic E-state index is 13.0. The van der Waals surface area contributed by atoms with Crippen LogP contribution in [0.4, 0.5) is 13.6 Å². The molecule has 7 nitrogen and oxygen atoms in total. The van der Waals surface area contributed by atoms with Crippen LogP contribution in [0.1, 0.15) is 31.9 Å². The fourth-order valence-electron chi connectivity index (χ4n) is 3.11. The Morgan fingerprint density at radius 3 is 2.33 bits per heavy atom. The van der Waals surface area contributed by atoms with E-state index in [0.717, 1.165) is 5.56 Å². The first kappa shape index (κ1) is 25.9. The Kier molecular flexibility index (Phi) is 9.90. The van der Waals surface area contributed by atoms with Crippen LogP contribution in [0.15, 0.2) is 48.5 Å². The quantitative estimate of drug-likeness (QED) is 0.526. The highest BCUT2D eigenvalue weighted by molar-refractivity contribution is 5.85. The van der Waals surface area contributed by atoms with Crippen molar-refractivity contribution in [1.29, 1.82) is 0 Å². The Labute approximate surface area is 192 Å². The average Bonchev–Trinajstić information content (AvgIpc) is 2.77. The lowest BCUT2D eigenvalue weighted by molar-refractivity contribution is -0.133. The normalized spacial score (nSPS) is 11.8. The van der Waals surface area contributed by atoms with E-state index in [-0.39, 0.29) is 43.1 Å². The minimum Gasteiger partial charge on any atom is -0.490 e. The minimum absolute atomic E-state index is 0.0764. The van der Waals surface area contributed by atoms with Crippen molar-refractivity contribution in [2.45, 2.75) is 46.6 Å². The summed E-state index contributed by atoms with van der Waals surface area (Å²) in [6.45, 7) is 2.92. The van der Waals surface area contributed by atoms with E-state index in [4.69, 9.17) is 9.47 Å². The number of nitrogens with zero attached hydrogens (tertiary/aromatic N) is 1. The van der Waals surface area contributed by atoms with Gasteiger partial charge in [0.05, 0.1) is 6.61 Å². The van der Waals surface area contributed by atoms with Gasteiger partial charge in [0.15, 0.2) is 11.5 Å². The third-order valence-corrected chi connectivity index (χ3v) is 4.74. The summed E-state index contributed by atoms with van der Waals surface area (Å²) in [5.41, 5.74) is 1.49. The lowest BCUT2D eigenvalue weighted by Gasteiger charge is -2.27. The fourth-order valence-corrected chi connectivity index (χ4v) is 3.11. The second-order valence-corrected chi connectivity index (χ2v) is 7.71. The molecule has 0 aliphatic rings. The lowest BCUT2D eigenvalue weighted by atomic mass is 10.0. The van der Waals surface area contributed by atoms with Crippen molar-refractivity contribution >= 4 is 12.0 Å². The molecule has 2 aromatic rings. The van der Waals surface area contributed by atoms with Gasteiger partial charge in [-0.15, -0.1) is 0 Å². The highest BCUT2D eigenvalue weighted by atomic mass is 19.3. The number of carbonyl (C=O) groups is 2. The highest BCUT2D eigenvalue weighted by Crippen LogP contribution is 2.30. The Morgan fingerprint density at radius 2 is 1.73 bits per heavy atom. The van der Waals surface area contributed by atoms with Gasteiger partial charge in [0.25, 0.3) is 0 Å². The van der Waals surface area contributed by atoms with Gasteiger partial charge in [0, 0.05) is 13.6 Å². The van der Waals surface area contributed by atoms with Gasteiger partial charge >= 0.3 is 12.7 Å². The number of carbonyl (C=O) groups excluding carboxylic acids is 2. The first-order valence-corrected chi connectivity index (χ1v) is 10.6. The maximum Gasteiger partial charge on any atom is 0.408 e. The number of rotatable bonds is 11. The second kappa shape index (κ2) is 12.6. The zero-order valence-electron chi connectivity index (χ0n) is 19.2. The van der Waals surface area contributed by atoms with E-state index in [1.165, 1.54) is 11.0 Å². The molecule has 2 rings (SSSR count). The van der Waals surface area contributed by atoms with Crippen molar-refractivity contribution in [3.63, 3.8) is 0 Å². The monoisotopic (exact) mass is 464 g/mol. The van der Waals surface area contributed by atoms with Gasteiger partial charge in [-0.25, -0.2) is 4.79 Å². The molecule has 9 heteroatoms. The Balaban J connectivity index is 2.02. The number of amides is 2. The van der Waals surface area contributed by atoms with Gasteiger partial charge in [-0.3, -0.25) is 4.79 Å². The lowest BCUT2D eigenvalue weighted by Crippen LogP contribution is -2.50. The molecule has 0 aliphatic heterocycles. The number of halogens is 2. The first-order chi connectivity index (χ1) is 15.7. The smallest absolute Gasteiger partial charge is 0.408 e. The van der Waals surface area contributed by atoms with E-state index >= 15 is 0 Å². The van der Waals surface area contributed by atoms with Gasteiger partial charge in [-0.2, -0.15) is 8.78 Å². The third kappa shape index (κ3) is 8.25. The molecule has 1 N–H and O–H groups in total. The van der Waals surface area contributed by atoms with Crippen LogP contribution in [-0.4, -0.2) is 43.2 Å². The van der Waals surface area contributed by atoms with Gasteiger partial charge < -0.3 is 24.4 Å². The first-order valence-electron chi connectivity index (χ1n) is 10.6. The van der Waals surface area contributed by atoms with E-state index in [1.807, 2.05) is 44.2 Å². The number of hydrogen-bond donors (Lipinski definition) is 1. The van der Waals surface area contributed by atoms with E-state index in [1.54, 1.807) is 26.1 Å². The van der Waals surface area contributed by atoms with E-state index in [0.29, 0.717) is 5.56 Å². The van der Waals surface area contributed by atoms with E-state index < -0.39 is 18.7 Å². The molecule has 0 heterocycles.